The van der Waals surface area contributed by atoms with Gasteiger partial charge < -0.3 is 4.74 Å². The van der Waals surface area contributed by atoms with Crippen LogP contribution in [0.3, 0.4) is 0 Å². The first-order valence-corrected chi connectivity index (χ1v) is 5.71. The highest BCUT2D eigenvalue weighted by Crippen LogP contribution is 2.60. The lowest BCUT2D eigenvalue weighted by molar-refractivity contribution is 0.415. The summed E-state index contributed by atoms with van der Waals surface area (Å²) in [6.45, 7) is 1.94. The third-order valence-corrected chi connectivity index (χ3v) is 3.76. The molecule has 2 nitrogen and oxygen atoms in total. The Labute approximate surface area is 105 Å². The minimum Gasteiger partial charge on any atom is -0.495 e. The Kier molecular flexibility index (Phi) is 2.77. The molecule has 4 heteroatoms. The predicted molar refractivity (Wildman–Crippen MR) is 64.1 cm³/mol. The fourth-order valence-electron chi connectivity index (χ4n) is 1.91. The van der Waals surface area contributed by atoms with Gasteiger partial charge in [0.15, 0.2) is 0 Å². The molecule has 2 unspecified atom stereocenters. The second kappa shape index (κ2) is 3.84. The highest BCUT2D eigenvalue weighted by Gasteiger charge is 2.52. The van der Waals surface area contributed by atoms with Crippen LogP contribution in [0.1, 0.15) is 24.8 Å². The molecule has 0 spiro atoms. The molecule has 0 aromatic heterocycles. The molecule has 0 bridgehead atoms. The quantitative estimate of drug-likeness (QED) is 0.800. The van der Waals surface area contributed by atoms with Gasteiger partial charge in [0.2, 0.25) is 0 Å². The molecule has 1 fully saturated rings. The SMILES string of the molecule is COc1cc(Cl)c(C2CC2(C)C#N)cc1Cl. The van der Waals surface area contributed by atoms with Gasteiger partial charge in [0.05, 0.1) is 23.6 Å². The summed E-state index contributed by atoms with van der Waals surface area (Å²) >= 11 is 12.2. The Hall–Kier alpha value is -0.910. The molecule has 1 aromatic rings. The van der Waals surface area contributed by atoms with E-state index >= 15 is 0 Å². The van der Waals surface area contributed by atoms with E-state index in [1.54, 1.807) is 19.2 Å². The van der Waals surface area contributed by atoms with Crippen molar-refractivity contribution in [2.24, 2.45) is 5.41 Å². The zero-order chi connectivity index (χ0) is 11.9. The first-order chi connectivity index (χ1) is 7.51. The van der Waals surface area contributed by atoms with E-state index in [1.165, 1.54) is 0 Å². The van der Waals surface area contributed by atoms with Gasteiger partial charge >= 0.3 is 0 Å². The lowest BCUT2D eigenvalue weighted by atomic mass is 10.0. The zero-order valence-electron chi connectivity index (χ0n) is 9.05. The fourth-order valence-corrected chi connectivity index (χ4v) is 2.44. The third kappa shape index (κ3) is 1.75. The molecule has 2 atom stereocenters. The molecule has 1 aliphatic rings. The van der Waals surface area contributed by atoms with Crippen LogP contribution in [0.2, 0.25) is 10.0 Å². The van der Waals surface area contributed by atoms with Gasteiger partial charge in [-0.2, -0.15) is 5.26 Å². The van der Waals surface area contributed by atoms with Gasteiger partial charge in [0, 0.05) is 17.0 Å². The minimum absolute atomic E-state index is 0.188. The lowest BCUT2D eigenvalue weighted by Crippen LogP contribution is -1.94. The number of hydrogen-bond donors (Lipinski definition) is 0. The number of ether oxygens (including phenoxy) is 1. The van der Waals surface area contributed by atoms with E-state index in [4.69, 9.17) is 33.2 Å². The van der Waals surface area contributed by atoms with Crippen LogP contribution in [0, 0.1) is 16.7 Å². The number of methoxy groups -OCH3 is 1. The Bertz CT molecular complexity index is 481. The first-order valence-electron chi connectivity index (χ1n) is 4.96. The Morgan fingerprint density at radius 1 is 1.44 bits per heavy atom. The molecular weight excluding hydrogens is 245 g/mol. The molecule has 0 N–H and O–H groups in total. The van der Waals surface area contributed by atoms with Gasteiger partial charge in [0.1, 0.15) is 5.75 Å². The van der Waals surface area contributed by atoms with Crippen LogP contribution in [-0.2, 0) is 0 Å². The van der Waals surface area contributed by atoms with Crippen molar-refractivity contribution in [3.05, 3.63) is 27.7 Å². The van der Waals surface area contributed by atoms with Crippen LogP contribution in [0.4, 0.5) is 0 Å². The number of nitriles is 1. The molecule has 0 aliphatic heterocycles. The maximum atomic E-state index is 9.01. The van der Waals surface area contributed by atoms with E-state index < -0.39 is 0 Å². The highest BCUT2D eigenvalue weighted by molar-refractivity contribution is 6.34. The molecule has 0 saturated heterocycles. The van der Waals surface area contributed by atoms with Crippen molar-refractivity contribution < 1.29 is 4.74 Å². The molecule has 1 aromatic carbocycles. The lowest BCUT2D eigenvalue weighted by Gasteiger charge is -2.09. The van der Waals surface area contributed by atoms with Crippen molar-refractivity contribution in [3.63, 3.8) is 0 Å². The van der Waals surface area contributed by atoms with Gasteiger partial charge in [-0.25, -0.2) is 0 Å². The molecule has 0 amide bonds. The summed E-state index contributed by atoms with van der Waals surface area (Å²) in [5, 5.41) is 10.2. The number of nitrogens with zero attached hydrogens (tertiary/aromatic N) is 1. The average Bonchev–Trinajstić information content (AvgIpc) is 2.94. The molecule has 1 aliphatic carbocycles. The summed E-state index contributed by atoms with van der Waals surface area (Å²) in [6, 6.07) is 5.81. The van der Waals surface area contributed by atoms with E-state index in [2.05, 4.69) is 6.07 Å². The van der Waals surface area contributed by atoms with E-state index in [9.17, 15) is 0 Å². The van der Waals surface area contributed by atoms with Crippen molar-refractivity contribution in [1.82, 2.24) is 0 Å². The Balaban J connectivity index is 2.38. The van der Waals surface area contributed by atoms with Crippen molar-refractivity contribution >= 4 is 23.2 Å². The number of rotatable bonds is 2. The molecule has 0 heterocycles. The van der Waals surface area contributed by atoms with Crippen molar-refractivity contribution in [1.29, 1.82) is 5.26 Å². The molecule has 1 saturated carbocycles. The summed E-state index contributed by atoms with van der Waals surface area (Å²) in [5.41, 5.74) is 0.651. The maximum Gasteiger partial charge on any atom is 0.138 e. The summed E-state index contributed by atoms with van der Waals surface area (Å²) in [6.07, 6.45) is 0.839. The zero-order valence-corrected chi connectivity index (χ0v) is 10.6. The van der Waals surface area contributed by atoms with Crippen LogP contribution in [0.5, 0.6) is 5.75 Å². The van der Waals surface area contributed by atoms with Gasteiger partial charge in [0.25, 0.3) is 0 Å². The normalized spacial score (nSPS) is 27.3. The van der Waals surface area contributed by atoms with E-state index in [-0.39, 0.29) is 11.3 Å². The van der Waals surface area contributed by atoms with Crippen LogP contribution < -0.4 is 4.74 Å². The topological polar surface area (TPSA) is 33.0 Å². The summed E-state index contributed by atoms with van der Waals surface area (Å²) in [7, 11) is 1.55. The van der Waals surface area contributed by atoms with Crippen LogP contribution in [0.15, 0.2) is 12.1 Å². The van der Waals surface area contributed by atoms with E-state index in [1.807, 2.05) is 6.92 Å². The summed E-state index contributed by atoms with van der Waals surface area (Å²) in [4.78, 5) is 0. The second-order valence-corrected chi connectivity index (χ2v) is 5.11. The smallest absolute Gasteiger partial charge is 0.138 e. The van der Waals surface area contributed by atoms with Crippen molar-refractivity contribution in [3.8, 4) is 11.8 Å². The molecular formula is C12H11Cl2NO. The van der Waals surface area contributed by atoms with Crippen molar-refractivity contribution in [2.45, 2.75) is 19.3 Å². The second-order valence-electron chi connectivity index (χ2n) is 4.29. The van der Waals surface area contributed by atoms with Gasteiger partial charge in [-0.3, -0.25) is 0 Å². The predicted octanol–water partition coefficient (Wildman–Crippen LogP) is 4.02. The Morgan fingerprint density at radius 3 is 2.62 bits per heavy atom. The maximum absolute atomic E-state index is 9.01. The van der Waals surface area contributed by atoms with Crippen molar-refractivity contribution in [2.75, 3.05) is 7.11 Å². The van der Waals surface area contributed by atoms with Crippen LogP contribution >= 0.6 is 23.2 Å². The number of hydrogen-bond acceptors (Lipinski definition) is 2. The number of halogens is 2. The van der Waals surface area contributed by atoms with Gasteiger partial charge in [-0.1, -0.05) is 23.2 Å². The third-order valence-electron chi connectivity index (χ3n) is 3.14. The Morgan fingerprint density at radius 2 is 2.12 bits per heavy atom. The largest absolute Gasteiger partial charge is 0.495 e. The first kappa shape index (κ1) is 11.6. The monoisotopic (exact) mass is 255 g/mol. The average molecular weight is 256 g/mol. The van der Waals surface area contributed by atoms with E-state index in [0.29, 0.717) is 15.8 Å². The highest BCUT2D eigenvalue weighted by atomic mass is 35.5. The van der Waals surface area contributed by atoms with Crippen LogP contribution in [-0.4, -0.2) is 7.11 Å². The fraction of sp³-hybridized carbons (Fsp3) is 0.417. The van der Waals surface area contributed by atoms with Gasteiger partial charge in [-0.15, -0.1) is 0 Å². The standard InChI is InChI=1S/C12H11Cl2NO/c1-12(6-15)5-8(12)7-3-10(14)11(16-2)4-9(7)13/h3-4,8H,5H2,1-2H3. The molecule has 2 rings (SSSR count). The minimum atomic E-state index is -0.290. The summed E-state index contributed by atoms with van der Waals surface area (Å²) < 4.78 is 5.08. The summed E-state index contributed by atoms with van der Waals surface area (Å²) in [5.74, 6) is 0.753. The van der Waals surface area contributed by atoms with Gasteiger partial charge in [-0.05, 0) is 25.0 Å². The van der Waals surface area contributed by atoms with Crippen LogP contribution in [0.25, 0.3) is 0 Å². The number of benzene rings is 1. The van der Waals surface area contributed by atoms with E-state index in [0.717, 1.165) is 12.0 Å². The molecule has 84 valence electrons. The molecule has 0 radical (unpaired) electrons. The molecule has 16 heavy (non-hydrogen) atoms.